The standard InChI is InChI=1S/C24H22NO3P3/c26-23-21(18-7-3-1-4-8-18)22(19-9-5-2-6-10-19)24(27)25(23)16-15-17-11-13-20(14-12-17)28-31(29)30/h1-14H,15-16,29-30H2. The van der Waals surface area contributed by atoms with Crippen molar-refractivity contribution in [2.45, 2.75) is 6.42 Å². The van der Waals surface area contributed by atoms with Crippen LogP contribution in [0.1, 0.15) is 16.7 Å². The zero-order valence-corrected chi connectivity index (χ0v) is 20.0. The van der Waals surface area contributed by atoms with Crippen molar-refractivity contribution in [2.24, 2.45) is 0 Å². The summed E-state index contributed by atoms with van der Waals surface area (Å²) in [4.78, 5) is 28.0. The zero-order chi connectivity index (χ0) is 21.8. The van der Waals surface area contributed by atoms with Crippen molar-refractivity contribution in [1.29, 1.82) is 0 Å². The van der Waals surface area contributed by atoms with Crippen molar-refractivity contribution < 1.29 is 14.1 Å². The first-order valence-corrected chi connectivity index (χ1v) is 14.3. The van der Waals surface area contributed by atoms with Crippen LogP contribution in [0.5, 0.6) is 5.75 Å². The molecule has 3 aromatic carbocycles. The van der Waals surface area contributed by atoms with Crippen LogP contribution in [-0.4, -0.2) is 23.3 Å². The van der Waals surface area contributed by atoms with Crippen LogP contribution in [0.25, 0.3) is 11.1 Å². The highest BCUT2D eigenvalue weighted by atomic mass is 32.4. The number of hydrogen-bond donors (Lipinski definition) is 0. The van der Waals surface area contributed by atoms with E-state index in [4.69, 9.17) is 4.52 Å². The summed E-state index contributed by atoms with van der Waals surface area (Å²) in [5.41, 5.74) is 3.49. The Bertz CT molecular complexity index is 1050. The van der Waals surface area contributed by atoms with Crippen LogP contribution in [0.15, 0.2) is 84.9 Å². The Hall–Kier alpha value is -2.37. The first kappa shape index (κ1) is 21.8. The Kier molecular flexibility index (Phi) is 6.93. The summed E-state index contributed by atoms with van der Waals surface area (Å²) in [5, 5.41) is 0. The van der Waals surface area contributed by atoms with Gasteiger partial charge in [-0.15, -0.1) is 0 Å². The summed E-state index contributed by atoms with van der Waals surface area (Å²) in [6.45, 7) is 0.324. The van der Waals surface area contributed by atoms with E-state index in [1.165, 1.54) is 4.90 Å². The van der Waals surface area contributed by atoms with Crippen LogP contribution >= 0.6 is 25.4 Å². The summed E-state index contributed by atoms with van der Waals surface area (Å²) in [5.74, 6) is 0.311. The molecule has 0 radical (unpaired) electrons. The second-order valence-electron chi connectivity index (χ2n) is 7.09. The smallest absolute Gasteiger partial charge is 0.262 e. The molecule has 2 amide bonds. The van der Waals surface area contributed by atoms with Crippen LogP contribution in [0.3, 0.4) is 0 Å². The molecule has 156 valence electrons. The van der Waals surface area contributed by atoms with Gasteiger partial charge in [-0.3, -0.25) is 14.5 Å². The summed E-state index contributed by atoms with van der Waals surface area (Å²) in [7, 11) is 4.61. The fourth-order valence-electron chi connectivity index (χ4n) is 3.60. The van der Waals surface area contributed by atoms with Crippen molar-refractivity contribution in [1.82, 2.24) is 4.90 Å². The van der Waals surface area contributed by atoms with Gasteiger partial charge < -0.3 is 4.52 Å². The minimum Gasteiger partial charge on any atom is -0.466 e. The molecular formula is C24H22NO3P3. The molecular weight excluding hydrogens is 443 g/mol. The lowest BCUT2D eigenvalue weighted by molar-refractivity contribution is -0.135. The van der Waals surface area contributed by atoms with Crippen molar-refractivity contribution >= 4 is 48.3 Å². The second-order valence-corrected chi connectivity index (χ2v) is 12.8. The number of nitrogens with zero attached hydrogens (tertiary/aromatic N) is 1. The van der Waals surface area contributed by atoms with Gasteiger partial charge in [-0.1, -0.05) is 90.7 Å². The molecule has 1 aliphatic heterocycles. The highest BCUT2D eigenvalue weighted by molar-refractivity contribution is 8.41. The van der Waals surface area contributed by atoms with Crippen LogP contribution < -0.4 is 4.52 Å². The zero-order valence-electron chi connectivity index (χ0n) is 16.8. The van der Waals surface area contributed by atoms with Crippen LogP contribution in [0, 0.1) is 0 Å². The summed E-state index contributed by atoms with van der Waals surface area (Å²) >= 11 is 0. The number of carbonyl (C=O) groups excluding carboxylic acids is 2. The minimum atomic E-state index is -0.638. The number of amides is 2. The molecule has 4 rings (SSSR count). The van der Waals surface area contributed by atoms with Crippen LogP contribution in [0.4, 0.5) is 0 Å². The van der Waals surface area contributed by atoms with E-state index >= 15 is 0 Å². The summed E-state index contributed by atoms with van der Waals surface area (Å²) in [6, 6.07) is 26.6. The molecule has 0 aromatic heterocycles. The quantitative estimate of drug-likeness (QED) is 0.339. The number of carbonyl (C=O) groups is 2. The Morgan fingerprint density at radius 3 is 1.65 bits per heavy atom. The Labute approximate surface area is 187 Å². The number of benzene rings is 3. The Morgan fingerprint density at radius 2 is 1.19 bits per heavy atom. The second kappa shape index (κ2) is 9.84. The number of rotatable bonds is 7. The maximum atomic E-state index is 13.3. The van der Waals surface area contributed by atoms with E-state index in [0.717, 1.165) is 22.4 Å². The maximum absolute atomic E-state index is 13.3. The van der Waals surface area contributed by atoms with Crippen LogP contribution in [0.2, 0.25) is 0 Å². The van der Waals surface area contributed by atoms with E-state index in [1.807, 2.05) is 84.9 Å². The highest BCUT2D eigenvalue weighted by Crippen LogP contribution is 2.53. The highest BCUT2D eigenvalue weighted by Gasteiger charge is 2.39. The monoisotopic (exact) mass is 465 g/mol. The average Bonchev–Trinajstić information content (AvgIpc) is 3.04. The van der Waals surface area contributed by atoms with E-state index in [0.29, 0.717) is 24.1 Å². The first-order chi connectivity index (χ1) is 15.0. The van der Waals surface area contributed by atoms with Gasteiger partial charge in [-0.25, -0.2) is 0 Å². The normalized spacial score (nSPS) is 14.0. The van der Waals surface area contributed by atoms with Crippen molar-refractivity contribution in [2.75, 3.05) is 6.54 Å². The Balaban J connectivity index is 1.58. The predicted molar refractivity (Wildman–Crippen MR) is 134 cm³/mol. The molecule has 0 bridgehead atoms. The molecule has 7 heteroatoms. The van der Waals surface area contributed by atoms with Gasteiger partial charge in [0.1, 0.15) is 13.3 Å². The fraction of sp³-hybridized carbons (Fsp3) is 0.0833. The van der Waals surface area contributed by atoms with E-state index in [1.54, 1.807) is 0 Å². The third-order valence-electron chi connectivity index (χ3n) is 5.05. The largest absolute Gasteiger partial charge is 0.466 e. The van der Waals surface area contributed by atoms with Gasteiger partial charge in [-0.2, -0.15) is 0 Å². The van der Waals surface area contributed by atoms with Crippen molar-refractivity contribution in [3.63, 3.8) is 0 Å². The SMILES string of the molecule is O=C1C(c2ccccc2)=C(c2ccccc2)C(=O)N1CCc1ccc(OP(P)P)cc1. The van der Waals surface area contributed by atoms with Gasteiger partial charge in [0.25, 0.3) is 11.8 Å². The minimum absolute atomic E-state index is 0.244. The predicted octanol–water partition coefficient (Wildman–Crippen LogP) is 5.56. The van der Waals surface area contributed by atoms with E-state index in [9.17, 15) is 9.59 Å². The molecule has 0 N–H and O–H groups in total. The lowest BCUT2D eigenvalue weighted by Crippen LogP contribution is -2.33. The number of imide groups is 1. The first-order valence-electron chi connectivity index (χ1n) is 9.82. The van der Waals surface area contributed by atoms with E-state index in [-0.39, 0.29) is 11.8 Å². The van der Waals surface area contributed by atoms with Gasteiger partial charge >= 0.3 is 0 Å². The van der Waals surface area contributed by atoms with E-state index < -0.39 is 7.53 Å². The molecule has 0 spiro atoms. The fourth-order valence-corrected chi connectivity index (χ4v) is 4.70. The lowest BCUT2D eigenvalue weighted by atomic mass is 9.96. The summed E-state index contributed by atoms with van der Waals surface area (Å²) in [6.07, 6.45) is 0.582. The van der Waals surface area contributed by atoms with Crippen molar-refractivity contribution in [3.8, 4) is 5.75 Å². The average molecular weight is 465 g/mol. The van der Waals surface area contributed by atoms with E-state index in [2.05, 4.69) is 17.9 Å². The molecule has 2 atom stereocenters. The van der Waals surface area contributed by atoms with Gasteiger partial charge in [-0.05, 0) is 35.2 Å². The van der Waals surface area contributed by atoms with Crippen molar-refractivity contribution in [3.05, 3.63) is 102 Å². The molecule has 0 saturated heterocycles. The van der Waals surface area contributed by atoms with Gasteiger partial charge in [0.2, 0.25) is 0 Å². The molecule has 1 heterocycles. The molecule has 2 unspecified atom stereocenters. The maximum Gasteiger partial charge on any atom is 0.262 e. The van der Waals surface area contributed by atoms with Crippen LogP contribution in [-0.2, 0) is 16.0 Å². The molecule has 0 saturated carbocycles. The Morgan fingerprint density at radius 1 is 0.710 bits per heavy atom. The topological polar surface area (TPSA) is 46.6 Å². The van der Waals surface area contributed by atoms with Gasteiger partial charge in [0.15, 0.2) is 0 Å². The molecule has 4 nitrogen and oxygen atoms in total. The van der Waals surface area contributed by atoms with Gasteiger partial charge in [0.05, 0.1) is 11.1 Å². The third-order valence-corrected chi connectivity index (χ3v) is 6.11. The molecule has 31 heavy (non-hydrogen) atoms. The van der Waals surface area contributed by atoms with Gasteiger partial charge in [0, 0.05) is 6.54 Å². The molecule has 3 aromatic rings. The lowest BCUT2D eigenvalue weighted by Gasteiger charge is -2.16. The molecule has 0 fully saturated rings. The third kappa shape index (κ3) is 4.94. The molecule has 0 aliphatic carbocycles. The number of hydrogen-bond acceptors (Lipinski definition) is 3. The summed E-state index contributed by atoms with van der Waals surface area (Å²) < 4.78 is 5.67. The molecule has 1 aliphatic rings.